The summed E-state index contributed by atoms with van der Waals surface area (Å²) in [6, 6.07) is 22.8. The Labute approximate surface area is 182 Å². The number of allylic oxidation sites excluding steroid dienone is 1. The first-order valence-electron chi connectivity index (χ1n) is 10.1. The molecule has 0 bridgehead atoms. The zero-order chi connectivity index (χ0) is 22.0. The molecule has 1 aliphatic carbocycles. The maximum absolute atomic E-state index is 13.0. The number of nitrogens with two attached hydrogens (primary N) is 1. The lowest BCUT2D eigenvalue weighted by Gasteiger charge is -2.16. The summed E-state index contributed by atoms with van der Waals surface area (Å²) in [5.74, 6) is -0.982. The third-order valence-electron chi connectivity index (χ3n) is 5.95. The van der Waals surface area contributed by atoms with E-state index in [1.807, 2.05) is 18.2 Å². The molecular formula is C26H15N3O3. The van der Waals surface area contributed by atoms with E-state index in [2.05, 4.69) is 0 Å². The van der Waals surface area contributed by atoms with E-state index in [0.29, 0.717) is 50.4 Å². The van der Waals surface area contributed by atoms with Crippen LogP contribution in [0.5, 0.6) is 0 Å². The van der Waals surface area contributed by atoms with E-state index in [4.69, 9.17) is 10.7 Å². The van der Waals surface area contributed by atoms with Crippen LogP contribution in [0.15, 0.2) is 78.9 Å². The summed E-state index contributed by atoms with van der Waals surface area (Å²) in [7, 11) is 0. The molecule has 0 fully saturated rings. The van der Waals surface area contributed by atoms with Crippen molar-refractivity contribution in [2.75, 3.05) is 4.90 Å². The number of anilines is 1. The number of Topliss-reactive ketones (excluding diaryl/α,β-unsaturated/α-hetero) is 1. The fourth-order valence-corrected chi connectivity index (χ4v) is 4.42. The highest BCUT2D eigenvalue weighted by Gasteiger charge is 2.37. The number of imide groups is 1. The molecule has 2 amide bonds. The van der Waals surface area contributed by atoms with Crippen molar-refractivity contribution in [3.8, 4) is 0 Å². The molecule has 1 aromatic heterocycles. The molecule has 4 aromatic rings. The molecule has 0 radical (unpaired) electrons. The molecule has 152 valence electrons. The van der Waals surface area contributed by atoms with Gasteiger partial charge in [-0.15, -0.1) is 0 Å². The molecule has 0 spiro atoms. The Morgan fingerprint density at radius 3 is 1.94 bits per heavy atom. The van der Waals surface area contributed by atoms with Crippen molar-refractivity contribution in [1.82, 2.24) is 4.98 Å². The van der Waals surface area contributed by atoms with Gasteiger partial charge >= 0.3 is 0 Å². The van der Waals surface area contributed by atoms with Gasteiger partial charge in [-0.2, -0.15) is 0 Å². The second-order valence-electron chi connectivity index (χ2n) is 7.70. The van der Waals surface area contributed by atoms with Gasteiger partial charge in [-0.25, -0.2) is 9.88 Å². The number of rotatable bonds is 2. The Morgan fingerprint density at radius 2 is 1.28 bits per heavy atom. The Kier molecular flexibility index (Phi) is 3.67. The van der Waals surface area contributed by atoms with Crippen molar-refractivity contribution in [3.63, 3.8) is 0 Å². The fourth-order valence-electron chi connectivity index (χ4n) is 4.42. The van der Waals surface area contributed by atoms with Gasteiger partial charge in [0, 0.05) is 16.5 Å². The van der Waals surface area contributed by atoms with Gasteiger partial charge in [-0.05, 0) is 24.3 Å². The first-order valence-corrected chi connectivity index (χ1v) is 10.1. The second kappa shape index (κ2) is 6.46. The molecule has 2 heterocycles. The van der Waals surface area contributed by atoms with Crippen molar-refractivity contribution >= 4 is 45.5 Å². The molecule has 0 atom stereocenters. The van der Waals surface area contributed by atoms with Gasteiger partial charge in [-0.3, -0.25) is 14.4 Å². The van der Waals surface area contributed by atoms with E-state index in [9.17, 15) is 14.4 Å². The third kappa shape index (κ3) is 2.34. The van der Waals surface area contributed by atoms with E-state index in [0.717, 1.165) is 10.3 Å². The van der Waals surface area contributed by atoms with E-state index < -0.39 is 11.8 Å². The van der Waals surface area contributed by atoms with Crippen LogP contribution in [0.4, 0.5) is 5.69 Å². The molecule has 2 aliphatic rings. The maximum atomic E-state index is 13.0. The zero-order valence-electron chi connectivity index (χ0n) is 16.7. The number of ketones is 1. The van der Waals surface area contributed by atoms with Crippen LogP contribution in [0, 0.1) is 0 Å². The maximum Gasteiger partial charge on any atom is 0.266 e. The predicted molar refractivity (Wildman–Crippen MR) is 121 cm³/mol. The average molecular weight is 417 g/mol. The normalized spacial score (nSPS) is 15.0. The minimum Gasteiger partial charge on any atom is -0.398 e. The Bertz CT molecular complexity index is 1520. The van der Waals surface area contributed by atoms with E-state index in [-0.39, 0.29) is 5.78 Å². The standard InChI is InChI=1S/C26H15N3O3/c27-22-15-7-1-2-8-16(15)24(30)21(22)19-13-12-14-6-5-11-20(23(14)28-19)29-25(31)17-9-3-4-10-18(17)26(29)32/h1-13H,27H2. The molecule has 0 unspecified atom stereocenters. The van der Waals surface area contributed by atoms with Gasteiger partial charge in [0.25, 0.3) is 11.8 Å². The molecule has 6 heteroatoms. The summed E-state index contributed by atoms with van der Waals surface area (Å²) >= 11 is 0. The average Bonchev–Trinajstić information content (AvgIpc) is 3.23. The number of carbonyl (C=O) groups excluding carboxylic acids is 3. The molecule has 1 aliphatic heterocycles. The summed E-state index contributed by atoms with van der Waals surface area (Å²) in [5.41, 5.74) is 10.2. The highest BCUT2D eigenvalue weighted by Crippen LogP contribution is 2.37. The highest BCUT2D eigenvalue weighted by molar-refractivity contribution is 6.39. The number of hydrogen-bond donors (Lipinski definition) is 1. The van der Waals surface area contributed by atoms with Gasteiger partial charge in [0.15, 0.2) is 5.78 Å². The third-order valence-corrected chi connectivity index (χ3v) is 5.95. The van der Waals surface area contributed by atoms with Gasteiger partial charge < -0.3 is 5.73 Å². The molecule has 0 saturated carbocycles. The number of amides is 2. The van der Waals surface area contributed by atoms with E-state index >= 15 is 0 Å². The first-order chi connectivity index (χ1) is 15.6. The topological polar surface area (TPSA) is 93.4 Å². The number of para-hydroxylation sites is 1. The van der Waals surface area contributed by atoms with Crippen LogP contribution in [0.25, 0.3) is 22.2 Å². The van der Waals surface area contributed by atoms with Crippen molar-refractivity contribution in [2.45, 2.75) is 0 Å². The number of nitrogens with zero attached hydrogens (tertiary/aromatic N) is 2. The number of fused-ring (bicyclic) bond motifs is 3. The van der Waals surface area contributed by atoms with Crippen LogP contribution >= 0.6 is 0 Å². The summed E-state index contributed by atoms with van der Waals surface area (Å²) < 4.78 is 0. The zero-order valence-corrected chi connectivity index (χ0v) is 16.7. The largest absolute Gasteiger partial charge is 0.398 e. The van der Waals surface area contributed by atoms with Gasteiger partial charge in [0.1, 0.15) is 0 Å². The second-order valence-corrected chi connectivity index (χ2v) is 7.70. The Balaban J connectivity index is 1.53. The van der Waals surface area contributed by atoms with Crippen molar-refractivity contribution in [3.05, 3.63) is 107 Å². The fraction of sp³-hybridized carbons (Fsp3) is 0. The van der Waals surface area contributed by atoms with Crippen molar-refractivity contribution in [1.29, 1.82) is 0 Å². The Hall–Kier alpha value is -4.58. The lowest BCUT2D eigenvalue weighted by Crippen LogP contribution is -2.29. The van der Waals surface area contributed by atoms with E-state index in [1.165, 1.54) is 0 Å². The summed E-state index contributed by atoms with van der Waals surface area (Å²) in [4.78, 5) is 45.0. The lowest BCUT2D eigenvalue weighted by atomic mass is 10.0. The monoisotopic (exact) mass is 417 g/mol. The SMILES string of the molecule is NC1=C(c2ccc3cccc(N4C(=O)c5ccccc5C4=O)c3n2)C(=O)c2ccccc21. The number of carbonyl (C=O) groups is 3. The molecule has 0 saturated heterocycles. The quantitative estimate of drug-likeness (QED) is 0.497. The minimum absolute atomic E-state index is 0.192. The number of pyridine rings is 1. The van der Waals surface area contributed by atoms with Crippen LogP contribution < -0.4 is 10.6 Å². The summed E-state index contributed by atoms with van der Waals surface area (Å²) in [5, 5.41) is 0.741. The van der Waals surface area contributed by atoms with Gasteiger partial charge in [0.05, 0.1) is 39.3 Å². The molecular weight excluding hydrogens is 402 g/mol. The predicted octanol–water partition coefficient (Wildman–Crippen LogP) is 4.06. The number of hydrogen-bond acceptors (Lipinski definition) is 5. The molecule has 6 rings (SSSR count). The van der Waals surface area contributed by atoms with Crippen molar-refractivity contribution in [2.24, 2.45) is 5.73 Å². The van der Waals surface area contributed by atoms with Crippen LogP contribution in [-0.2, 0) is 0 Å². The van der Waals surface area contributed by atoms with E-state index in [1.54, 1.807) is 60.7 Å². The molecule has 2 N–H and O–H groups in total. The van der Waals surface area contributed by atoms with Crippen molar-refractivity contribution < 1.29 is 14.4 Å². The number of benzene rings is 3. The highest BCUT2D eigenvalue weighted by atomic mass is 16.2. The summed E-state index contributed by atoms with van der Waals surface area (Å²) in [6.07, 6.45) is 0. The van der Waals surface area contributed by atoms with Crippen LogP contribution in [0.2, 0.25) is 0 Å². The van der Waals surface area contributed by atoms with Crippen LogP contribution in [-0.4, -0.2) is 22.6 Å². The van der Waals surface area contributed by atoms with Gasteiger partial charge in [0.2, 0.25) is 0 Å². The first kappa shape index (κ1) is 18.2. The van der Waals surface area contributed by atoms with Crippen LogP contribution in [0.3, 0.4) is 0 Å². The van der Waals surface area contributed by atoms with Gasteiger partial charge in [-0.1, -0.05) is 54.6 Å². The Morgan fingerprint density at radius 1 is 0.656 bits per heavy atom. The summed E-state index contributed by atoms with van der Waals surface area (Å²) in [6.45, 7) is 0. The smallest absolute Gasteiger partial charge is 0.266 e. The molecule has 3 aromatic carbocycles. The lowest BCUT2D eigenvalue weighted by molar-refractivity contribution is 0.0925. The minimum atomic E-state index is -0.395. The van der Waals surface area contributed by atoms with Crippen LogP contribution in [0.1, 0.15) is 42.3 Å². The molecule has 6 nitrogen and oxygen atoms in total. The molecule has 32 heavy (non-hydrogen) atoms. The number of aromatic nitrogens is 1.